The maximum absolute atomic E-state index is 13.3. The van der Waals surface area contributed by atoms with E-state index in [9.17, 15) is 9.18 Å². The van der Waals surface area contributed by atoms with Gasteiger partial charge in [-0.1, -0.05) is 12.1 Å². The van der Waals surface area contributed by atoms with E-state index in [1.807, 2.05) is 13.8 Å². The van der Waals surface area contributed by atoms with E-state index in [-0.39, 0.29) is 11.7 Å². The van der Waals surface area contributed by atoms with Gasteiger partial charge in [0.25, 0.3) is 0 Å². The first-order valence-electron chi connectivity index (χ1n) is 7.97. The van der Waals surface area contributed by atoms with Crippen molar-refractivity contribution < 1.29 is 9.18 Å². The minimum Gasteiger partial charge on any atom is -0.355 e. The largest absolute Gasteiger partial charge is 0.355 e. The van der Waals surface area contributed by atoms with Gasteiger partial charge in [-0.15, -0.1) is 0 Å². The Labute approximate surface area is 132 Å². The zero-order valence-corrected chi connectivity index (χ0v) is 13.5. The predicted octanol–water partition coefficient (Wildman–Crippen LogP) is 1.51. The average molecular weight is 307 g/mol. The molecule has 2 rings (SSSR count). The molecule has 122 valence electrons. The average Bonchev–Trinajstić information content (AvgIpc) is 2.52. The maximum atomic E-state index is 13.3. The Kier molecular flexibility index (Phi) is 5.91. The fraction of sp³-hybridized carbons (Fsp3) is 0.588. The topological polar surface area (TPSA) is 44.4 Å². The van der Waals surface area contributed by atoms with Crippen LogP contribution in [0, 0.1) is 5.82 Å². The van der Waals surface area contributed by atoms with Crippen molar-refractivity contribution in [2.75, 3.05) is 39.3 Å². The molecule has 1 aliphatic heterocycles. The summed E-state index contributed by atoms with van der Waals surface area (Å²) in [5, 5.41) is 6.30. The van der Waals surface area contributed by atoms with Gasteiger partial charge in [0.05, 0.1) is 5.41 Å². The van der Waals surface area contributed by atoms with E-state index in [0.29, 0.717) is 12.1 Å². The zero-order valence-electron chi connectivity index (χ0n) is 13.5. The SMILES string of the molecule is CC(C)(C(=O)NCCCN1CCNCC1)c1cccc(F)c1. The molecule has 0 unspecified atom stereocenters. The fourth-order valence-corrected chi connectivity index (χ4v) is 2.67. The molecule has 1 aromatic rings. The molecule has 0 aliphatic carbocycles. The third-order valence-corrected chi connectivity index (χ3v) is 4.26. The smallest absolute Gasteiger partial charge is 0.230 e. The number of nitrogens with zero attached hydrogens (tertiary/aromatic N) is 1. The number of nitrogens with one attached hydrogen (secondary N) is 2. The molecule has 1 aromatic carbocycles. The van der Waals surface area contributed by atoms with Gasteiger partial charge in [-0.25, -0.2) is 4.39 Å². The van der Waals surface area contributed by atoms with Gasteiger partial charge >= 0.3 is 0 Å². The zero-order chi connectivity index (χ0) is 16.0. The molecule has 1 fully saturated rings. The highest BCUT2D eigenvalue weighted by atomic mass is 19.1. The number of amides is 1. The van der Waals surface area contributed by atoms with Crippen LogP contribution in [0.25, 0.3) is 0 Å². The summed E-state index contributed by atoms with van der Waals surface area (Å²) in [6.07, 6.45) is 0.935. The molecular formula is C17H26FN3O. The van der Waals surface area contributed by atoms with E-state index < -0.39 is 5.41 Å². The van der Waals surface area contributed by atoms with E-state index in [4.69, 9.17) is 0 Å². The molecular weight excluding hydrogens is 281 g/mol. The number of piperazine rings is 1. The first-order valence-corrected chi connectivity index (χ1v) is 7.97. The lowest BCUT2D eigenvalue weighted by Crippen LogP contribution is -2.45. The minimum absolute atomic E-state index is 0.0570. The Hall–Kier alpha value is -1.46. The van der Waals surface area contributed by atoms with E-state index in [2.05, 4.69) is 15.5 Å². The second kappa shape index (κ2) is 7.70. The van der Waals surface area contributed by atoms with Gasteiger partial charge in [0.1, 0.15) is 5.82 Å². The van der Waals surface area contributed by atoms with E-state index in [1.165, 1.54) is 12.1 Å². The van der Waals surface area contributed by atoms with Crippen LogP contribution in [-0.2, 0) is 10.2 Å². The van der Waals surface area contributed by atoms with Crippen molar-refractivity contribution in [3.8, 4) is 0 Å². The summed E-state index contributed by atoms with van der Waals surface area (Å²) in [6, 6.07) is 6.26. The van der Waals surface area contributed by atoms with Crippen LogP contribution in [0.4, 0.5) is 4.39 Å². The van der Waals surface area contributed by atoms with Crippen LogP contribution >= 0.6 is 0 Å². The number of halogens is 1. The number of carbonyl (C=O) groups excluding carboxylic acids is 1. The number of rotatable bonds is 6. The Morgan fingerprint density at radius 2 is 2.09 bits per heavy atom. The molecule has 1 saturated heterocycles. The van der Waals surface area contributed by atoms with Crippen LogP contribution in [0.3, 0.4) is 0 Å². The molecule has 0 spiro atoms. The van der Waals surface area contributed by atoms with E-state index in [0.717, 1.165) is 39.1 Å². The Morgan fingerprint density at radius 3 is 2.77 bits per heavy atom. The van der Waals surface area contributed by atoms with Gasteiger partial charge in [-0.2, -0.15) is 0 Å². The van der Waals surface area contributed by atoms with Crippen molar-refractivity contribution in [1.29, 1.82) is 0 Å². The molecule has 0 aromatic heterocycles. The Balaban J connectivity index is 1.78. The molecule has 1 amide bonds. The number of hydrogen-bond acceptors (Lipinski definition) is 3. The summed E-state index contributed by atoms with van der Waals surface area (Å²) in [5.41, 5.74) is -0.0240. The standard InChI is InChI=1S/C17H26FN3O/c1-17(2,14-5-3-6-15(18)13-14)16(22)20-7-4-10-21-11-8-19-9-12-21/h3,5-6,13,19H,4,7-12H2,1-2H3,(H,20,22). The lowest BCUT2D eigenvalue weighted by molar-refractivity contribution is -0.125. The lowest BCUT2D eigenvalue weighted by atomic mass is 9.83. The minimum atomic E-state index is -0.725. The summed E-state index contributed by atoms with van der Waals surface area (Å²) in [4.78, 5) is 14.8. The highest BCUT2D eigenvalue weighted by Crippen LogP contribution is 2.23. The first kappa shape index (κ1) is 16.9. The molecule has 22 heavy (non-hydrogen) atoms. The molecule has 4 nitrogen and oxygen atoms in total. The molecule has 1 heterocycles. The van der Waals surface area contributed by atoms with Crippen molar-refractivity contribution in [1.82, 2.24) is 15.5 Å². The van der Waals surface area contributed by atoms with Gasteiger partial charge in [-0.05, 0) is 44.5 Å². The Bertz CT molecular complexity index is 498. The van der Waals surface area contributed by atoms with Crippen LogP contribution in [0.5, 0.6) is 0 Å². The normalized spacial score (nSPS) is 16.5. The third kappa shape index (κ3) is 4.52. The van der Waals surface area contributed by atoms with Crippen LogP contribution in [-0.4, -0.2) is 50.1 Å². The molecule has 0 atom stereocenters. The summed E-state index contributed by atoms with van der Waals surface area (Å²) >= 11 is 0. The van der Waals surface area contributed by atoms with Crippen molar-refractivity contribution in [3.05, 3.63) is 35.6 Å². The van der Waals surface area contributed by atoms with Gasteiger partial charge in [0.15, 0.2) is 0 Å². The summed E-state index contributed by atoms with van der Waals surface area (Å²) < 4.78 is 13.3. The predicted molar refractivity (Wildman–Crippen MR) is 86.4 cm³/mol. The molecule has 5 heteroatoms. The van der Waals surface area contributed by atoms with E-state index >= 15 is 0 Å². The number of carbonyl (C=O) groups is 1. The van der Waals surface area contributed by atoms with Gasteiger partial charge in [0.2, 0.25) is 5.91 Å². The molecule has 2 N–H and O–H groups in total. The number of benzene rings is 1. The highest BCUT2D eigenvalue weighted by molar-refractivity contribution is 5.87. The van der Waals surface area contributed by atoms with Crippen molar-refractivity contribution in [2.45, 2.75) is 25.7 Å². The van der Waals surface area contributed by atoms with Crippen LogP contribution in [0.15, 0.2) is 24.3 Å². The second-order valence-corrected chi connectivity index (χ2v) is 6.34. The van der Waals surface area contributed by atoms with Crippen molar-refractivity contribution >= 4 is 5.91 Å². The first-order chi connectivity index (χ1) is 10.5. The van der Waals surface area contributed by atoms with Crippen LogP contribution in [0.1, 0.15) is 25.8 Å². The summed E-state index contributed by atoms with van der Waals surface area (Å²) in [6.45, 7) is 9.54. The monoisotopic (exact) mass is 307 g/mol. The van der Waals surface area contributed by atoms with Crippen molar-refractivity contribution in [2.24, 2.45) is 0 Å². The van der Waals surface area contributed by atoms with Gasteiger partial charge in [0, 0.05) is 32.7 Å². The van der Waals surface area contributed by atoms with Crippen LogP contribution < -0.4 is 10.6 Å². The van der Waals surface area contributed by atoms with Gasteiger partial charge < -0.3 is 15.5 Å². The molecule has 0 saturated carbocycles. The lowest BCUT2D eigenvalue weighted by Gasteiger charge is -2.28. The summed E-state index contributed by atoms with van der Waals surface area (Å²) in [7, 11) is 0. The molecule has 1 aliphatic rings. The highest BCUT2D eigenvalue weighted by Gasteiger charge is 2.29. The molecule has 0 radical (unpaired) electrons. The van der Waals surface area contributed by atoms with Crippen LogP contribution in [0.2, 0.25) is 0 Å². The third-order valence-electron chi connectivity index (χ3n) is 4.26. The second-order valence-electron chi connectivity index (χ2n) is 6.34. The number of hydrogen-bond donors (Lipinski definition) is 2. The van der Waals surface area contributed by atoms with Gasteiger partial charge in [-0.3, -0.25) is 4.79 Å². The summed E-state index contributed by atoms with van der Waals surface area (Å²) in [5.74, 6) is -0.365. The fourth-order valence-electron chi connectivity index (χ4n) is 2.67. The maximum Gasteiger partial charge on any atom is 0.230 e. The molecule has 0 bridgehead atoms. The quantitative estimate of drug-likeness (QED) is 0.783. The van der Waals surface area contributed by atoms with Crippen molar-refractivity contribution in [3.63, 3.8) is 0 Å². The van der Waals surface area contributed by atoms with E-state index in [1.54, 1.807) is 12.1 Å². The Morgan fingerprint density at radius 1 is 1.36 bits per heavy atom.